The molecule has 138 valence electrons. The zero-order chi connectivity index (χ0) is 18.7. The zero-order valence-corrected chi connectivity index (χ0v) is 16.2. The summed E-state index contributed by atoms with van der Waals surface area (Å²) in [7, 11) is 3.22. The molecule has 0 aliphatic carbocycles. The van der Waals surface area contributed by atoms with Crippen LogP contribution in [0.15, 0.2) is 28.1 Å². The Balaban J connectivity index is 1.69. The standard InChI is InChI=1S/C18H21N3O4S/c1-18(2,3)16-20-17(25-21-16)24-9-12-10-26-15(19-12)11-6-7-13(22-4)14(8-11)23-5/h6-8,10H,9H2,1-5H3. The van der Waals surface area contributed by atoms with E-state index in [0.717, 1.165) is 16.3 Å². The summed E-state index contributed by atoms with van der Waals surface area (Å²) in [5.41, 5.74) is 1.55. The number of benzene rings is 1. The first-order valence-corrected chi connectivity index (χ1v) is 8.92. The maximum absolute atomic E-state index is 5.56. The highest BCUT2D eigenvalue weighted by atomic mass is 32.1. The van der Waals surface area contributed by atoms with E-state index in [4.69, 9.17) is 18.7 Å². The Morgan fingerprint density at radius 2 is 1.85 bits per heavy atom. The highest BCUT2D eigenvalue weighted by Gasteiger charge is 2.21. The topological polar surface area (TPSA) is 79.5 Å². The Bertz CT molecular complexity index is 883. The van der Waals surface area contributed by atoms with E-state index in [1.807, 2.05) is 44.4 Å². The van der Waals surface area contributed by atoms with Crippen molar-refractivity contribution in [3.05, 3.63) is 35.1 Å². The van der Waals surface area contributed by atoms with Crippen LogP contribution < -0.4 is 14.2 Å². The first-order chi connectivity index (χ1) is 12.4. The Hall–Kier alpha value is -2.61. The van der Waals surface area contributed by atoms with E-state index in [1.165, 1.54) is 11.3 Å². The van der Waals surface area contributed by atoms with Crippen molar-refractivity contribution >= 4 is 11.3 Å². The summed E-state index contributed by atoms with van der Waals surface area (Å²) >= 11 is 1.53. The van der Waals surface area contributed by atoms with Gasteiger partial charge in [0.15, 0.2) is 17.3 Å². The molecule has 2 aromatic heterocycles. The monoisotopic (exact) mass is 375 g/mol. The quantitative estimate of drug-likeness (QED) is 0.642. The van der Waals surface area contributed by atoms with Gasteiger partial charge in [0, 0.05) is 16.4 Å². The van der Waals surface area contributed by atoms with Crippen LogP contribution in [0, 0.1) is 0 Å². The van der Waals surface area contributed by atoms with Gasteiger partial charge in [0.05, 0.1) is 19.9 Å². The van der Waals surface area contributed by atoms with Gasteiger partial charge in [0.2, 0.25) is 0 Å². The highest BCUT2D eigenvalue weighted by molar-refractivity contribution is 7.13. The molecule has 2 heterocycles. The maximum atomic E-state index is 5.56. The molecular formula is C18H21N3O4S. The molecule has 0 aliphatic rings. The Morgan fingerprint density at radius 3 is 2.50 bits per heavy atom. The number of ether oxygens (including phenoxy) is 3. The third-order valence-electron chi connectivity index (χ3n) is 3.60. The molecule has 0 bridgehead atoms. The van der Waals surface area contributed by atoms with E-state index in [2.05, 4.69) is 15.1 Å². The van der Waals surface area contributed by atoms with Crippen molar-refractivity contribution < 1.29 is 18.7 Å². The Kier molecular flexibility index (Phi) is 5.13. The normalized spacial score (nSPS) is 11.4. The van der Waals surface area contributed by atoms with Gasteiger partial charge in [-0.25, -0.2) is 4.98 Å². The average Bonchev–Trinajstić information content (AvgIpc) is 3.28. The molecule has 0 amide bonds. The molecule has 8 heteroatoms. The minimum Gasteiger partial charge on any atom is -0.493 e. The molecule has 3 rings (SSSR count). The maximum Gasteiger partial charge on any atom is 0.417 e. The third-order valence-corrected chi connectivity index (χ3v) is 4.54. The minimum absolute atomic E-state index is 0.149. The van der Waals surface area contributed by atoms with Gasteiger partial charge in [-0.05, 0) is 18.2 Å². The number of thiazole rings is 1. The van der Waals surface area contributed by atoms with Gasteiger partial charge in [-0.15, -0.1) is 11.3 Å². The van der Waals surface area contributed by atoms with Gasteiger partial charge in [-0.3, -0.25) is 4.52 Å². The second-order valence-corrected chi connectivity index (χ2v) is 7.49. The highest BCUT2D eigenvalue weighted by Crippen LogP contribution is 2.33. The Labute approximate surface area is 155 Å². The first-order valence-electron chi connectivity index (χ1n) is 8.04. The first kappa shape index (κ1) is 18.2. The van der Waals surface area contributed by atoms with Crippen molar-refractivity contribution in [1.82, 2.24) is 15.1 Å². The summed E-state index contributed by atoms with van der Waals surface area (Å²) in [6.07, 6.45) is 0.149. The van der Waals surface area contributed by atoms with E-state index < -0.39 is 0 Å². The number of aromatic nitrogens is 3. The van der Waals surface area contributed by atoms with Crippen LogP contribution in [0.1, 0.15) is 32.3 Å². The molecule has 0 unspecified atom stereocenters. The summed E-state index contributed by atoms with van der Waals surface area (Å²) in [6.45, 7) is 6.29. The van der Waals surface area contributed by atoms with Crippen molar-refractivity contribution in [2.45, 2.75) is 32.8 Å². The summed E-state index contributed by atoms with van der Waals surface area (Å²) in [5.74, 6) is 1.96. The molecule has 0 fully saturated rings. The molecule has 26 heavy (non-hydrogen) atoms. The summed E-state index contributed by atoms with van der Waals surface area (Å²) in [6, 6.07) is 5.70. The summed E-state index contributed by atoms with van der Waals surface area (Å²) < 4.78 is 21.3. The fourth-order valence-corrected chi connectivity index (χ4v) is 2.99. The van der Waals surface area contributed by atoms with Crippen LogP contribution in [0.3, 0.4) is 0 Å². The Morgan fingerprint density at radius 1 is 1.08 bits per heavy atom. The van der Waals surface area contributed by atoms with E-state index in [-0.39, 0.29) is 18.1 Å². The molecule has 0 N–H and O–H groups in total. The number of hydrogen-bond donors (Lipinski definition) is 0. The van der Waals surface area contributed by atoms with E-state index in [0.29, 0.717) is 17.3 Å². The van der Waals surface area contributed by atoms with Crippen molar-refractivity contribution in [2.24, 2.45) is 0 Å². The molecule has 0 spiro atoms. The predicted octanol–water partition coefficient (Wildman–Crippen LogP) is 4.09. The molecule has 7 nitrogen and oxygen atoms in total. The smallest absolute Gasteiger partial charge is 0.417 e. The van der Waals surface area contributed by atoms with Crippen LogP contribution >= 0.6 is 11.3 Å². The lowest BCUT2D eigenvalue weighted by molar-refractivity contribution is 0.193. The van der Waals surface area contributed by atoms with Crippen LogP contribution in [0.4, 0.5) is 0 Å². The molecule has 0 radical (unpaired) electrons. The van der Waals surface area contributed by atoms with Crippen LogP contribution in [0.5, 0.6) is 17.6 Å². The fraction of sp³-hybridized carbons (Fsp3) is 0.389. The molecule has 0 aliphatic heterocycles. The lowest BCUT2D eigenvalue weighted by Gasteiger charge is -2.10. The van der Waals surface area contributed by atoms with Gasteiger partial charge in [0.25, 0.3) is 0 Å². The average molecular weight is 375 g/mol. The third kappa shape index (κ3) is 3.96. The number of methoxy groups -OCH3 is 2. The van der Waals surface area contributed by atoms with Gasteiger partial charge in [-0.1, -0.05) is 25.9 Å². The van der Waals surface area contributed by atoms with Crippen molar-refractivity contribution in [1.29, 1.82) is 0 Å². The fourth-order valence-electron chi connectivity index (χ4n) is 2.18. The van der Waals surface area contributed by atoms with Crippen molar-refractivity contribution in [3.63, 3.8) is 0 Å². The minimum atomic E-state index is -0.188. The molecule has 1 aromatic carbocycles. The van der Waals surface area contributed by atoms with E-state index in [1.54, 1.807) is 14.2 Å². The van der Waals surface area contributed by atoms with E-state index >= 15 is 0 Å². The second kappa shape index (κ2) is 7.33. The van der Waals surface area contributed by atoms with Crippen molar-refractivity contribution in [3.8, 4) is 28.1 Å². The van der Waals surface area contributed by atoms with Crippen LogP contribution in [-0.2, 0) is 12.0 Å². The molecule has 3 aromatic rings. The summed E-state index contributed by atoms with van der Waals surface area (Å²) in [4.78, 5) is 8.84. The van der Waals surface area contributed by atoms with Crippen LogP contribution in [-0.4, -0.2) is 29.3 Å². The van der Waals surface area contributed by atoms with Gasteiger partial charge in [-0.2, -0.15) is 4.98 Å². The largest absolute Gasteiger partial charge is 0.493 e. The summed E-state index contributed by atoms with van der Waals surface area (Å²) in [5, 5.41) is 6.74. The SMILES string of the molecule is COc1ccc(-c2nc(COc3nc(C(C)(C)C)no3)cs2)cc1OC. The second-order valence-electron chi connectivity index (χ2n) is 6.64. The number of nitrogens with zero attached hydrogens (tertiary/aromatic N) is 3. The van der Waals surface area contributed by atoms with Crippen molar-refractivity contribution in [2.75, 3.05) is 14.2 Å². The van der Waals surface area contributed by atoms with Gasteiger partial charge < -0.3 is 14.2 Å². The lowest BCUT2D eigenvalue weighted by atomic mass is 9.96. The van der Waals surface area contributed by atoms with Gasteiger partial charge in [0.1, 0.15) is 11.6 Å². The van der Waals surface area contributed by atoms with E-state index in [9.17, 15) is 0 Å². The van der Waals surface area contributed by atoms with Crippen LogP contribution in [0.2, 0.25) is 0 Å². The molecule has 0 saturated heterocycles. The molecular weight excluding hydrogens is 354 g/mol. The molecule has 0 saturated carbocycles. The number of hydrogen-bond acceptors (Lipinski definition) is 8. The van der Waals surface area contributed by atoms with Gasteiger partial charge >= 0.3 is 6.08 Å². The lowest BCUT2D eigenvalue weighted by Crippen LogP contribution is -2.13. The molecule has 0 atom stereocenters. The predicted molar refractivity (Wildman–Crippen MR) is 98.0 cm³/mol. The van der Waals surface area contributed by atoms with Crippen LogP contribution in [0.25, 0.3) is 10.6 Å². The number of rotatable bonds is 6. The zero-order valence-electron chi connectivity index (χ0n) is 15.4.